The van der Waals surface area contributed by atoms with Crippen molar-refractivity contribution in [1.29, 1.82) is 0 Å². The van der Waals surface area contributed by atoms with Crippen LogP contribution in [0.15, 0.2) is 22.7 Å². The van der Waals surface area contributed by atoms with E-state index in [2.05, 4.69) is 44.3 Å². The Morgan fingerprint density at radius 3 is 2.70 bits per heavy atom. The average molecular weight is 339 g/mol. The molecule has 20 heavy (non-hydrogen) atoms. The van der Waals surface area contributed by atoms with E-state index in [1.54, 1.807) is 7.11 Å². The van der Waals surface area contributed by atoms with Crippen molar-refractivity contribution in [2.45, 2.75) is 44.3 Å². The van der Waals surface area contributed by atoms with E-state index in [1.807, 2.05) is 0 Å². The Morgan fingerprint density at radius 2 is 2.10 bits per heavy atom. The Bertz CT molecular complexity index is 458. The van der Waals surface area contributed by atoms with Gasteiger partial charge >= 0.3 is 0 Å². The molecular weight excluding hydrogens is 316 g/mol. The number of hydrogen-bond acceptors (Lipinski definition) is 3. The second-order valence-corrected chi connectivity index (χ2v) is 6.71. The molecule has 0 amide bonds. The zero-order valence-corrected chi connectivity index (χ0v) is 13.7. The lowest BCUT2D eigenvalue weighted by Gasteiger charge is -2.26. The molecule has 0 unspecified atom stereocenters. The minimum absolute atomic E-state index is 0.705. The summed E-state index contributed by atoms with van der Waals surface area (Å²) < 4.78 is 6.44. The highest BCUT2D eigenvalue weighted by molar-refractivity contribution is 9.10. The van der Waals surface area contributed by atoms with Gasteiger partial charge in [-0.05, 0) is 59.3 Å². The second-order valence-electron chi connectivity index (χ2n) is 5.86. The zero-order valence-electron chi connectivity index (χ0n) is 12.1. The van der Waals surface area contributed by atoms with E-state index in [1.165, 1.54) is 41.4 Å². The number of benzene rings is 1. The lowest BCUT2D eigenvalue weighted by molar-refractivity contribution is 0.205. The van der Waals surface area contributed by atoms with Crippen LogP contribution in [0.2, 0.25) is 0 Å². The normalized spacial score (nSPS) is 18.3. The first-order valence-corrected chi connectivity index (χ1v) is 8.34. The van der Waals surface area contributed by atoms with Crippen LogP contribution in [0.4, 0.5) is 5.69 Å². The standard InChI is InChI=1S/C16H23BrN2O/c1-20-9-8-19(14-5-6-14)16-7-2-12(10-15(16)17)11-18-13-3-4-13/h2,7,10,13-14,18H,3-6,8-9,11H2,1H3. The highest BCUT2D eigenvalue weighted by Gasteiger charge is 2.30. The first-order chi connectivity index (χ1) is 9.78. The van der Waals surface area contributed by atoms with Gasteiger partial charge in [-0.3, -0.25) is 0 Å². The maximum absolute atomic E-state index is 5.24. The predicted octanol–water partition coefficient (Wildman–Crippen LogP) is 3.32. The quantitative estimate of drug-likeness (QED) is 0.786. The third kappa shape index (κ3) is 3.74. The van der Waals surface area contributed by atoms with Crippen LogP contribution in [0.1, 0.15) is 31.2 Å². The fraction of sp³-hybridized carbons (Fsp3) is 0.625. The summed E-state index contributed by atoms with van der Waals surface area (Å²) in [5.74, 6) is 0. The maximum atomic E-state index is 5.24. The number of hydrogen-bond donors (Lipinski definition) is 1. The van der Waals surface area contributed by atoms with E-state index in [-0.39, 0.29) is 0 Å². The molecule has 0 radical (unpaired) electrons. The van der Waals surface area contributed by atoms with Crippen LogP contribution < -0.4 is 10.2 Å². The molecule has 1 aromatic rings. The van der Waals surface area contributed by atoms with Gasteiger partial charge in [-0.1, -0.05) is 6.07 Å². The Balaban J connectivity index is 1.67. The molecule has 2 aliphatic rings. The van der Waals surface area contributed by atoms with Crippen LogP contribution in [0.3, 0.4) is 0 Å². The predicted molar refractivity (Wildman–Crippen MR) is 86.2 cm³/mol. The fourth-order valence-corrected chi connectivity index (χ4v) is 3.17. The van der Waals surface area contributed by atoms with Gasteiger partial charge in [0, 0.05) is 36.8 Å². The second kappa shape index (κ2) is 6.46. The topological polar surface area (TPSA) is 24.5 Å². The lowest BCUT2D eigenvalue weighted by Crippen LogP contribution is -2.29. The summed E-state index contributed by atoms with van der Waals surface area (Å²) in [6.07, 6.45) is 5.29. The van der Waals surface area contributed by atoms with Gasteiger partial charge in [-0.15, -0.1) is 0 Å². The van der Waals surface area contributed by atoms with Gasteiger partial charge < -0.3 is 15.0 Å². The lowest BCUT2D eigenvalue weighted by atomic mass is 10.2. The SMILES string of the molecule is COCCN(c1ccc(CNC2CC2)cc1Br)C1CC1. The summed E-state index contributed by atoms with van der Waals surface area (Å²) in [5.41, 5.74) is 2.66. The van der Waals surface area contributed by atoms with Crippen molar-refractivity contribution in [1.82, 2.24) is 5.32 Å². The zero-order chi connectivity index (χ0) is 13.9. The smallest absolute Gasteiger partial charge is 0.0637 e. The van der Waals surface area contributed by atoms with E-state index >= 15 is 0 Å². The molecule has 110 valence electrons. The van der Waals surface area contributed by atoms with E-state index in [9.17, 15) is 0 Å². The third-order valence-electron chi connectivity index (χ3n) is 4.02. The maximum Gasteiger partial charge on any atom is 0.0637 e. The molecule has 1 N–H and O–H groups in total. The van der Waals surface area contributed by atoms with E-state index in [4.69, 9.17) is 4.74 Å². The molecule has 1 aromatic carbocycles. The largest absolute Gasteiger partial charge is 0.383 e. The number of methoxy groups -OCH3 is 1. The molecule has 0 atom stereocenters. The van der Waals surface area contributed by atoms with Crippen LogP contribution in [-0.2, 0) is 11.3 Å². The van der Waals surface area contributed by atoms with Gasteiger partial charge in [0.05, 0.1) is 12.3 Å². The van der Waals surface area contributed by atoms with Crippen LogP contribution in [-0.4, -0.2) is 32.3 Å². The molecule has 3 nitrogen and oxygen atoms in total. The minimum atomic E-state index is 0.705. The summed E-state index contributed by atoms with van der Waals surface area (Å²) in [4.78, 5) is 2.48. The molecular formula is C16H23BrN2O. The van der Waals surface area contributed by atoms with Crippen molar-refractivity contribution in [2.75, 3.05) is 25.2 Å². The minimum Gasteiger partial charge on any atom is -0.383 e. The van der Waals surface area contributed by atoms with Crippen molar-refractivity contribution in [3.05, 3.63) is 28.2 Å². The van der Waals surface area contributed by atoms with Gasteiger partial charge in [0.1, 0.15) is 0 Å². The Hall–Kier alpha value is -0.580. The van der Waals surface area contributed by atoms with Crippen molar-refractivity contribution in [2.24, 2.45) is 0 Å². The van der Waals surface area contributed by atoms with E-state index in [0.717, 1.165) is 25.7 Å². The molecule has 3 rings (SSSR count). The molecule has 0 aromatic heterocycles. The van der Waals surface area contributed by atoms with Gasteiger partial charge in [0.15, 0.2) is 0 Å². The summed E-state index contributed by atoms with van der Waals surface area (Å²) in [6.45, 7) is 2.73. The number of nitrogens with zero attached hydrogens (tertiary/aromatic N) is 1. The first kappa shape index (κ1) is 14.4. The summed E-state index contributed by atoms with van der Waals surface area (Å²) >= 11 is 3.75. The molecule has 0 bridgehead atoms. The summed E-state index contributed by atoms with van der Waals surface area (Å²) in [7, 11) is 1.77. The van der Waals surface area contributed by atoms with Crippen molar-refractivity contribution in [3.63, 3.8) is 0 Å². The third-order valence-corrected chi connectivity index (χ3v) is 4.65. The Morgan fingerprint density at radius 1 is 1.30 bits per heavy atom. The van der Waals surface area contributed by atoms with Crippen molar-refractivity contribution < 1.29 is 4.74 Å². The number of halogens is 1. The van der Waals surface area contributed by atoms with E-state index in [0.29, 0.717) is 6.04 Å². The molecule has 0 saturated heterocycles. The highest BCUT2D eigenvalue weighted by Crippen LogP contribution is 2.36. The molecule has 0 aliphatic heterocycles. The van der Waals surface area contributed by atoms with Crippen LogP contribution in [0, 0.1) is 0 Å². The molecule has 0 heterocycles. The van der Waals surface area contributed by atoms with Crippen LogP contribution in [0.5, 0.6) is 0 Å². The monoisotopic (exact) mass is 338 g/mol. The van der Waals surface area contributed by atoms with Gasteiger partial charge in [0.25, 0.3) is 0 Å². The van der Waals surface area contributed by atoms with E-state index < -0.39 is 0 Å². The fourth-order valence-electron chi connectivity index (χ4n) is 2.52. The Labute approximate surface area is 129 Å². The average Bonchev–Trinajstić information content (AvgIpc) is 3.32. The number of rotatable bonds is 8. The Kier molecular flexibility index (Phi) is 4.64. The molecule has 0 spiro atoms. The molecule has 2 saturated carbocycles. The van der Waals surface area contributed by atoms with Crippen LogP contribution >= 0.6 is 15.9 Å². The summed E-state index contributed by atoms with van der Waals surface area (Å²) in [5, 5.41) is 3.56. The van der Waals surface area contributed by atoms with Crippen molar-refractivity contribution in [3.8, 4) is 0 Å². The number of nitrogens with one attached hydrogen (secondary N) is 1. The summed E-state index contributed by atoms with van der Waals surface area (Å²) in [6, 6.07) is 8.22. The van der Waals surface area contributed by atoms with Gasteiger partial charge in [-0.25, -0.2) is 0 Å². The molecule has 2 aliphatic carbocycles. The van der Waals surface area contributed by atoms with Gasteiger partial charge in [0.2, 0.25) is 0 Å². The molecule has 4 heteroatoms. The number of anilines is 1. The van der Waals surface area contributed by atoms with Gasteiger partial charge in [-0.2, -0.15) is 0 Å². The number of ether oxygens (including phenoxy) is 1. The first-order valence-electron chi connectivity index (χ1n) is 7.55. The van der Waals surface area contributed by atoms with Crippen LogP contribution in [0.25, 0.3) is 0 Å². The highest BCUT2D eigenvalue weighted by atomic mass is 79.9. The molecule has 2 fully saturated rings. The van der Waals surface area contributed by atoms with Crippen molar-refractivity contribution >= 4 is 21.6 Å².